The number of sulfonamides is 1. The maximum Gasteiger partial charge on any atom is 0.246 e. The highest BCUT2D eigenvalue weighted by molar-refractivity contribution is 7.89. The second-order valence-electron chi connectivity index (χ2n) is 7.91. The summed E-state index contributed by atoms with van der Waals surface area (Å²) in [7, 11) is -2.38. The number of piperidine rings is 1. The van der Waals surface area contributed by atoms with Gasteiger partial charge in [0.25, 0.3) is 0 Å². The maximum absolute atomic E-state index is 13.4. The van der Waals surface area contributed by atoms with Crippen molar-refractivity contribution in [3.63, 3.8) is 0 Å². The standard InChI is InChI=1S/C22H26Cl2N2O4S/c1-14(2)15-6-7-20(30-3)21(9-15)31(28,29)26-8-4-5-16(13-26)22(27)25-19-11-17(23)10-18(24)12-19/h6-7,9-12,14,16H,4-5,8,13H2,1-3H3,(H,25,27)/t16-/m0/s1. The Morgan fingerprint density at radius 3 is 2.45 bits per heavy atom. The van der Waals surface area contributed by atoms with Crippen molar-refractivity contribution >= 4 is 44.8 Å². The number of methoxy groups -OCH3 is 1. The molecule has 1 amide bonds. The van der Waals surface area contributed by atoms with Gasteiger partial charge in [-0.2, -0.15) is 4.31 Å². The zero-order chi connectivity index (χ0) is 22.8. The summed E-state index contributed by atoms with van der Waals surface area (Å²) in [5.41, 5.74) is 1.39. The fraction of sp³-hybridized carbons (Fsp3) is 0.409. The lowest BCUT2D eigenvalue weighted by molar-refractivity contribution is -0.120. The number of carbonyl (C=O) groups is 1. The molecule has 0 radical (unpaired) electrons. The van der Waals surface area contributed by atoms with Crippen molar-refractivity contribution in [3.05, 3.63) is 52.0 Å². The average Bonchev–Trinajstić information content (AvgIpc) is 2.72. The monoisotopic (exact) mass is 484 g/mol. The third-order valence-corrected chi connectivity index (χ3v) is 7.68. The van der Waals surface area contributed by atoms with Crippen molar-refractivity contribution in [1.82, 2.24) is 4.31 Å². The molecular weight excluding hydrogens is 459 g/mol. The first kappa shape index (κ1) is 23.9. The van der Waals surface area contributed by atoms with Crippen LogP contribution < -0.4 is 10.1 Å². The predicted octanol–water partition coefficient (Wildman–Crippen LogP) is 5.16. The van der Waals surface area contributed by atoms with Crippen LogP contribution in [0.5, 0.6) is 5.75 Å². The largest absolute Gasteiger partial charge is 0.495 e. The summed E-state index contributed by atoms with van der Waals surface area (Å²) in [6.07, 6.45) is 1.18. The molecule has 1 N–H and O–H groups in total. The Morgan fingerprint density at radius 1 is 1.16 bits per heavy atom. The van der Waals surface area contributed by atoms with Gasteiger partial charge in [0.1, 0.15) is 10.6 Å². The van der Waals surface area contributed by atoms with Gasteiger partial charge in [0, 0.05) is 28.8 Å². The van der Waals surface area contributed by atoms with Gasteiger partial charge in [-0.05, 0) is 54.7 Å². The molecule has 0 unspecified atom stereocenters. The Kier molecular flexibility index (Phi) is 7.52. The number of hydrogen-bond donors (Lipinski definition) is 1. The van der Waals surface area contributed by atoms with Crippen molar-refractivity contribution in [2.75, 3.05) is 25.5 Å². The van der Waals surface area contributed by atoms with E-state index in [0.29, 0.717) is 40.9 Å². The van der Waals surface area contributed by atoms with Crippen LogP contribution in [-0.2, 0) is 14.8 Å². The summed E-state index contributed by atoms with van der Waals surface area (Å²) < 4.78 is 33.6. The number of halogens is 2. The Balaban J connectivity index is 1.82. The predicted molar refractivity (Wildman–Crippen MR) is 124 cm³/mol. The molecular formula is C22H26Cl2N2O4S. The van der Waals surface area contributed by atoms with E-state index in [-0.39, 0.29) is 23.3 Å². The van der Waals surface area contributed by atoms with Gasteiger partial charge in [-0.25, -0.2) is 8.42 Å². The number of carbonyl (C=O) groups excluding carboxylic acids is 1. The van der Waals surface area contributed by atoms with Crippen LogP contribution in [-0.4, -0.2) is 38.8 Å². The first-order valence-corrected chi connectivity index (χ1v) is 12.3. The Labute approximate surface area is 193 Å². The topological polar surface area (TPSA) is 75.7 Å². The zero-order valence-corrected chi connectivity index (χ0v) is 20.0. The van der Waals surface area contributed by atoms with E-state index in [1.54, 1.807) is 30.3 Å². The lowest BCUT2D eigenvalue weighted by atomic mass is 9.99. The first-order valence-electron chi connectivity index (χ1n) is 10.1. The molecule has 1 heterocycles. The van der Waals surface area contributed by atoms with Crippen LogP contribution in [0, 0.1) is 5.92 Å². The highest BCUT2D eigenvalue weighted by Gasteiger charge is 2.35. The summed E-state index contributed by atoms with van der Waals surface area (Å²) in [5.74, 6) is -0.282. The van der Waals surface area contributed by atoms with Crippen molar-refractivity contribution < 1.29 is 17.9 Å². The van der Waals surface area contributed by atoms with E-state index >= 15 is 0 Å². The van der Waals surface area contributed by atoms with Crippen molar-refractivity contribution in [2.24, 2.45) is 5.92 Å². The molecule has 168 valence electrons. The van der Waals surface area contributed by atoms with Gasteiger partial charge >= 0.3 is 0 Å². The number of anilines is 1. The van der Waals surface area contributed by atoms with Gasteiger partial charge in [-0.15, -0.1) is 0 Å². The van der Waals surface area contributed by atoms with Gasteiger partial charge in [-0.3, -0.25) is 4.79 Å². The van der Waals surface area contributed by atoms with Gasteiger partial charge in [0.2, 0.25) is 15.9 Å². The quantitative estimate of drug-likeness (QED) is 0.613. The molecule has 31 heavy (non-hydrogen) atoms. The van der Waals surface area contributed by atoms with Crippen LogP contribution in [0.3, 0.4) is 0 Å². The SMILES string of the molecule is COc1ccc(C(C)C)cc1S(=O)(=O)N1CCC[C@H](C(=O)Nc2cc(Cl)cc(Cl)c2)C1. The number of ether oxygens (including phenoxy) is 1. The molecule has 0 aliphatic carbocycles. The Bertz CT molecular complexity index is 1050. The minimum absolute atomic E-state index is 0.0948. The molecule has 1 atom stereocenters. The summed E-state index contributed by atoms with van der Waals surface area (Å²) in [4.78, 5) is 13.0. The summed E-state index contributed by atoms with van der Waals surface area (Å²) in [5, 5.41) is 3.62. The molecule has 6 nitrogen and oxygen atoms in total. The number of nitrogens with zero attached hydrogens (tertiary/aromatic N) is 1. The maximum atomic E-state index is 13.4. The van der Waals surface area contributed by atoms with Gasteiger partial charge < -0.3 is 10.1 Å². The summed E-state index contributed by atoms with van der Waals surface area (Å²) in [6, 6.07) is 9.99. The highest BCUT2D eigenvalue weighted by atomic mass is 35.5. The molecule has 2 aromatic carbocycles. The first-order chi connectivity index (χ1) is 14.6. The fourth-order valence-electron chi connectivity index (χ4n) is 3.64. The van der Waals surface area contributed by atoms with Gasteiger partial charge in [0.05, 0.1) is 13.0 Å². The molecule has 3 rings (SSSR count). The second-order valence-corrected chi connectivity index (χ2v) is 10.7. The molecule has 1 aliphatic rings. The highest BCUT2D eigenvalue weighted by Crippen LogP contribution is 2.33. The Hall–Kier alpha value is -1.80. The number of hydrogen-bond acceptors (Lipinski definition) is 4. The zero-order valence-electron chi connectivity index (χ0n) is 17.7. The van der Waals surface area contributed by atoms with E-state index in [1.807, 2.05) is 19.9 Å². The molecule has 0 saturated carbocycles. The number of nitrogens with one attached hydrogen (secondary N) is 1. The van der Waals surface area contributed by atoms with Crippen LogP contribution in [0.2, 0.25) is 10.0 Å². The van der Waals surface area contributed by atoms with Crippen molar-refractivity contribution in [2.45, 2.75) is 37.5 Å². The van der Waals surface area contributed by atoms with E-state index in [9.17, 15) is 13.2 Å². The number of amides is 1. The van der Waals surface area contributed by atoms with Crippen LogP contribution in [0.4, 0.5) is 5.69 Å². The van der Waals surface area contributed by atoms with E-state index < -0.39 is 15.9 Å². The van der Waals surface area contributed by atoms with Gasteiger partial charge in [0.15, 0.2) is 0 Å². The lowest BCUT2D eigenvalue weighted by Crippen LogP contribution is -2.43. The number of benzene rings is 2. The van der Waals surface area contributed by atoms with Crippen molar-refractivity contribution in [1.29, 1.82) is 0 Å². The van der Waals surface area contributed by atoms with E-state index in [1.165, 1.54) is 11.4 Å². The smallest absolute Gasteiger partial charge is 0.246 e. The minimum atomic E-state index is -3.83. The van der Waals surface area contributed by atoms with Crippen molar-refractivity contribution in [3.8, 4) is 5.75 Å². The van der Waals surface area contributed by atoms with Crippen LogP contribution in [0.15, 0.2) is 41.3 Å². The second kappa shape index (κ2) is 9.77. The number of rotatable bonds is 6. The molecule has 2 aromatic rings. The molecule has 0 aromatic heterocycles. The van der Waals surface area contributed by atoms with Crippen LogP contribution in [0.1, 0.15) is 38.2 Å². The van der Waals surface area contributed by atoms with E-state index in [2.05, 4.69) is 5.32 Å². The summed E-state index contributed by atoms with van der Waals surface area (Å²) >= 11 is 12.0. The molecule has 1 fully saturated rings. The average molecular weight is 485 g/mol. The van der Waals surface area contributed by atoms with Crippen LogP contribution in [0.25, 0.3) is 0 Å². The molecule has 0 bridgehead atoms. The molecule has 0 spiro atoms. The molecule has 1 saturated heterocycles. The third kappa shape index (κ3) is 5.52. The minimum Gasteiger partial charge on any atom is -0.495 e. The third-order valence-electron chi connectivity index (χ3n) is 5.36. The summed E-state index contributed by atoms with van der Waals surface area (Å²) in [6.45, 7) is 4.45. The Morgan fingerprint density at radius 2 is 1.84 bits per heavy atom. The fourth-order valence-corrected chi connectivity index (χ4v) is 5.88. The molecule has 1 aliphatic heterocycles. The van der Waals surface area contributed by atoms with Gasteiger partial charge in [-0.1, -0.05) is 43.1 Å². The van der Waals surface area contributed by atoms with E-state index in [4.69, 9.17) is 27.9 Å². The lowest BCUT2D eigenvalue weighted by Gasteiger charge is -2.31. The normalized spacial score (nSPS) is 17.5. The van der Waals surface area contributed by atoms with E-state index in [0.717, 1.165) is 5.56 Å². The van der Waals surface area contributed by atoms with Crippen LogP contribution >= 0.6 is 23.2 Å². The molecule has 9 heteroatoms.